The number of aliphatic hydroxyl groups is 1. The summed E-state index contributed by atoms with van der Waals surface area (Å²) in [6.45, 7) is 0.407. The highest BCUT2D eigenvalue weighted by molar-refractivity contribution is 7.99. The Morgan fingerprint density at radius 1 is 1.38 bits per heavy atom. The number of carbonyl (C=O) groups is 1. The predicted molar refractivity (Wildman–Crippen MR) is 80.6 cm³/mol. The normalized spacial score (nSPS) is 10.1. The van der Waals surface area contributed by atoms with Crippen molar-refractivity contribution in [3.8, 4) is 5.75 Å². The number of thioether (sulfide) groups is 1. The van der Waals surface area contributed by atoms with E-state index in [0.717, 1.165) is 17.9 Å². The van der Waals surface area contributed by atoms with Gasteiger partial charge in [-0.1, -0.05) is 12.1 Å². The van der Waals surface area contributed by atoms with Crippen molar-refractivity contribution in [1.82, 2.24) is 5.32 Å². The van der Waals surface area contributed by atoms with Crippen LogP contribution in [0, 0.1) is 10.1 Å². The summed E-state index contributed by atoms with van der Waals surface area (Å²) in [5, 5.41) is 22.0. The quantitative estimate of drug-likeness (QED) is 0.382. The van der Waals surface area contributed by atoms with E-state index >= 15 is 0 Å². The highest BCUT2D eigenvalue weighted by Crippen LogP contribution is 2.25. The Hall–Kier alpha value is -1.80. The van der Waals surface area contributed by atoms with Gasteiger partial charge in [-0.2, -0.15) is 11.8 Å². The van der Waals surface area contributed by atoms with Crippen molar-refractivity contribution >= 4 is 23.4 Å². The van der Waals surface area contributed by atoms with E-state index in [1.807, 2.05) is 0 Å². The van der Waals surface area contributed by atoms with E-state index in [0.29, 0.717) is 6.54 Å². The SMILES string of the molecule is O=C(COc1ccccc1[N+](=O)[O-])NCCSCCCO. The second-order valence-corrected chi connectivity index (χ2v) is 5.28. The highest BCUT2D eigenvalue weighted by atomic mass is 32.2. The Morgan fingerprint density at radius 3 is 2.86 bits per heavy atom. The van der Waals surface area contributed by atoms with Crippen LogP contribution >= 0.6 is 11.8 Å². The van der Waals surface area contributed by atoms with Crippen molar-refractivity contribution < 1.29 is 19.6 Å². The number of nitrogens with one attached hydrogen (secondary N) is 1. The third-order valence-corrected chi connectivity index (χ3v) is 3.51. The summed E-state index contributed by atoms with van der Waals surface area (Å²) in [4.78, 5) is 21.7. The van der Waals surface area contributed by atoms with Crippen LogP contribution < -0.4 is 10.1 Å². The molecule has 1 amide bonds. The lowest BCUT2D eigenvalue weighted by Crippen LogP contribution is -2.30. The van der Waals surface area contributed by atoms with Gasteiger partial charge in [0, 0.05) is 25.0 Å². The first kappa shape index (κ1) is 17.3. The molecule has 7 nitrogen and oxygen atoms in total. The van der Waals surface area contributed by atoms with Crippen molar-refractivity contribution in [2.45, 2.75) is 6.42 Å². The standard InChI is InChI=1S/C13H18N2O5S/c16-7-3-8-21-9-6-14-13(17)10-20-12-5-2-1-4-11(12)15(18)19/h1-2,4-5,16H,3,6-10H2,(H,14,17). The number of para-hydroxylation sites is 2. The summed E-state index contributed by atoms with van der Waals surface area (Å²) in [6, 6.07) is 5.92. The van der Waals surface area contributed by atoms with Gasteiger partial charge in [0.25, 0.3) is 5.91 Å². The second kappa shape index (κ2) is 10.0. The molecule has 0 aromatic heterocycles. The maximum atomic E-state index is 11.5. The van der Waals surface area contributed by atoms with Gasteiger partial charge in [0.2, 0.25) is 0 Å². The summed E-state index contributed by atoms with van der Waals surface area (Å²) < 4.78 is 5.16. The molecule has 0 radical (unpaired) electrons. The molecule has 1 aromatic rings. The van der Waals surface area contributed by atoms with E-state index in [1.165, 1.54) is 18.2 Å². The van der Waals surface area contributed by atoms with Crippen LogP contribution in [-0.2, 0) is 4.79 Å². The molecular weight excluding hydrogens is 296 g/mol. The van der Waals surface area contributed by atoms with E-state index in [9.17, 15) is 14.9 Å². The third kappa shape index (κ3) is 6.96. The van der Waals surface area contributed by atoms with Crippen LogP contribution in [0.3, 0.4) is 0 Å². The molecule has 0 atom stereocenters. The molecule has 0 aliphatic carbocycles. The lowest BCUT2D eigenvalue weighted by molar-refractivity contribution is -0.385. The number of carbonyl (C=O) groups excluding carboxylic acids is 1. The molecule has 1 rings (SSSR count). The molecule has 0 saturated carbocycles. The summed E-state index contributed by atoms with van der Waals surface area (Å²) in [5.41, 5.74) is -0.162. The van der Waals surface area contributed by atoms with Gasteiger partial charge in [-0.05, 0) is 18.2 Å². The summed E-state index contributed by atoms with van der Waals surface area (Å²) in [5.74, 6) is 1.35. The van der Waals surface area contributed by atoms with Gasteiger partial charge < -0.3 is 15.2 Å². The van der Waals surface area contributed by atoms with Gasteiger partial charge in [-0.3, -0.25) is 14.9 Å². The largest absolute Gasteiger partial charge is 0.477 e. The molecule has 0 saturated heterocycles. The Kier molecular flexibility index (Phi) is 8.22. The van der Waals surface area contributed by atoms with E-state index in [2.05, 4.69) is 5.32 Å². The molecule has 2 N–H and O–H groups in total. The first-order valence-corrected chi connectivity index (χ1v) is 7.62. The number of nitro benzene ring substituents is 1. The highest BCUT2D eigenvalue weighted by Gasteiger charge is 2.14. The molecule has 0 fully saturated rings. The van der Waals surface area contributed by atoms with Gasteiger partial charge >= 0.3 is 5.69 Å². The van der Waals surface area contributed by atoms with Crippen LogP contribution in [0.15, 0.2) is 24.3 Å². The Labute approximate surface area is 126 Å². The number of amides is 1. The van der Waals surface area contributed by atoms with Crippen LogP contribution in [0.25, 0.3) is 0 Å². The fourth-order valence-electron chi connectivity index (χ4n) is 1.46. The topological polar surface area (TPSA) is 102 Å². The number of hydrogen-bond acceptors (Lipinski definition) is 6. The minimum absolute atomic E-state index is 0.0787. The van der Waals surface area contributed by atoms with Gasteiger partial charge in [0.15, 0.2) is 12.4 Å². The molecule has 0 unspecified atom stereocenters. The van der Waals surface area contributed by atoms with Crippen molar-refractivity contribution in [1.29, 1.82) is 0 Å². The molecular formula is C13H18N2O5S. The number of benzene rings is 1. The first-order valence-electron chi connectivity index (χ1n) is 6.46. The molecule has 8 heteroatoms. The average Bonchev–Trinajstić information content (AvgIpc) is 2.49. The van der Waals surface area contributed by atoms with Gasteiger partial charge in [0.05, 0.1) is 4.92 Å². The zero-order valence-corrected chi connectivity index (χ0v) is 12.3. The minimum atomic E-state index is -0.551. The molecule has 0 aliphatic heterocycles. The number of nitrogens with zero attached hydrogens (tertiary/aromatic N) is 1. The fourth-order valence-corrected chi connectivity index (χ4v) is 2.24. The monoisotopic (exact) mass is 314 g/mol. The molecule has 21 heavy (non-hydrogen) atoms. The van der Waals surface area contributed by atoms with Gasteiger partial charge in [-0.25, -0.2) is 0 Å². The third-order valence-electron chi connectivity index (χ3n) is 2.44. The molecule has 116 valence electrons. The van der Waals surface area contributed by atoms with Crippen LogP contribution in [0.2, 0.25) is 0 Å². The lowest BCUT2D eigenvalue weighted by atomic mass is 10.3. The lowest BCUT2D eigenvalue weighted by Gasteiger charge is -2.07. The number of ether oxygens (including phenoxy) is 1. The Bertz CT molecular complexity index is 470. The van der Waals surface area contributed by atoms with Gasteiger partial charge in [-0.15, -0.1) is 0 Å². The van der Waals surface area contributed by atoms with E-state index < -0.39 is 4.92 Å². The van der Waals surface area contributed by atoms with Crippen molar-refractivity contribution in [2.75, 3.05) is 31.3 Å². The zero-order chi connectivity index (χ0) is 15.5. The van der Waals surface area contributed by atoms with Crippen LogP contribution in [-0.4, -0.2) is 47.2 Å². The Balaban J connectivity index is 2.26. The van der Waals surface area contributed by atoms with E-state index in [4.69, 9.17) is 9.84 Å². The van der Waals surface area contributed by atoms with E-state index in [1.54, 1.807) is 17.8 Å². The summed E-state index contributed by atoms with van der Waals surface area (Å²) in [7, 11) is 0. The minimum Gasteiger partial charge on any atom is -0.477 e. The molecule has 1 aromatic carbocycles. The molecule has 0 bridgehead atoms. The fraction of sp³-hybridized carbons (Fsp3) is 0.462. The predicted octanol–water partition coefficient (Wildman–Crippen LogP) is 1.21. The smallest absolute Gasteiger partial charge is 0.310 e. The van der Waals surface area contributed by atoms with Crippen molar-refractivity contribution in [2.24, 2.45) is 0 Å². The zero-order valence-electron chi connectivity index (χ0n) is 11.5. The van der Waals surface area contributed by atoms with Gasteiger partial charge in [0.1, 0.15) is 0 Å². The van der Waals surface area contributed by atoms with Crippen LogP contribution in [0.1, 0.15) is 6.42 Å². The Morgan fingerprint density at radius 2 is 2.14 bits per heavy atom. The first-order chi connectivity index (χ1) is 10.1. The summed E-state index contributed by atoms with van der Waals surface area (Å²) >= 11 is 1.64. The number of nitro groups is 1. The molecule has 0 aliphatic rings. The molecule has 0 spiro atoms. The van der Waals surface area contributed by atoms with Crippen molar-refractivity contribution in [3.63, 3.8) is 0 Å². The maximum Gasteiger partial charge on any atom is 0.310 e. The number of rotatable bonds is 10. The van der Waals surface area contributed by atoms with Crippen LogP contribution in [0.4, 0.5) is 5.69 Å². The maximum absolute atomic E-state index is 11.5. The second-order valence-electron chi connectivity index (χ2n) is 4.05. The average molecular weight is 314 g/mol. The van der Waals surface area contributed by atoms with E-state index in [-0.39, 0.29) is 30.6 Å². The number of aliphatic hydroxyl groups excluding tert-OH is 1. The number of hydrogen-bond donors (Lipinski definition) is 2. The summed E-state index contributed by atoms with van der Waals surface area (Å²) in [6.07, 6.45) is 0.736. The molecule has 0 heterocycles. The van der Waals surface area contributed by atoms with Crippen molar-refractivity contribution in [3.05, 3.63) is 34.4 Å². The van der Waals surface area contributed by atoms with Crippen LogP contribution in [0.5, 0.6) is 5.75 Å².